The molecule has 0 atom stereocenters. The van der Waals surface area contributed by atoms with Crippen LogP contribution in [0.5, 0.6) is 0 Å². The smallest absolute Gasteiger partial charge is 0.330 e. The molecule has 5 nitrogen and oxygen atoms in total. The van der Waals surface area contributed by atoms with Gasteiger partial charge in [-0.15, -0.1) is 0 Å². The second kappa shape index (κ2) is 9.64. The molecule has 0 rings (SSSR count). The number of esters is 1. The van der Waals surface area contributed by atoms with E-state index in [1.165, 1.54) is 6.08 Å². The van der Waals surface area contributed by atoms with Gasteiger partial charge in [-0.05, 0) is 0 Å². The Kier molecular flexibility index (Phi) is 8.64. The van der Waals surface area contributed by atoms with Gasteiger partial charge in [0.1, 0.15) is 0 Å². The third-order valence-corrected chi connectivity index (χ3v) is 1.26. The summed E-state index contributed by atoms with van der Waals surface area (Å²) in [7, 11) is 0. The average Bonchev–Trinajstić information content (AvgIpc) is 2.21. The summed E-state index contributed by atoms with van der Waals surface area (Å²) in [6.45, 7) is 4.73. The third kappa shape index (κ3) is 8.64. The SMILES string of the molecule is C=CC(=O)OCCCOCCN=C=O. The van der Waals surface area contributed by atoms with Crippen molar-refractivity contribution in [3.8, 4) is 0 Å². The Hall–Kier alpha value is -1.45. The van der Waals surface area contributed by atoms with Gasteiger partial charge in [-0.1, -0.05) is 6.58 Å². The summed E-state index contributed by atoms with van der Waals surface area (Å²) in [5.74, 6) is -0.435. The van der Waals surface area contributed by atoms with Crippen molar-refractivity contribution in [1.29, 1.82) is 0 Å². The second-order valence-electron chi connectivity index (χ2n) is 2.31. The van der Waals surface area contributed by atoms with Gasteiger partial charge in [-0.25, -0.2) is 14.6 Å². The van der Waals surface area contributed by atoms with Crippen LogP contribution >= 0.6 is 0 Å². The molecule has 0 saturated carbocycles. The fourth-order valence-corrected chi connectivity index (χ4v) is 0.651. The monoisotopic (exact) mass is 199 g/mol. The lowest BCUT2D eigenvalue weighted by Gasteiger charge is -2.02. The Morgan fingerprint density at radius 2 is 2.21 bits per heavy atom. The quantitative estimate of drug-likeness (QED) is 0.187. The summed E-state index contributed by atoms with van der Waals surface area (Å²) in [4.78, 5) is 23.5. The fraction of sp³-hybridized carbons (Fsp3) is 0.556. The van der Waals surface area contributed by atoms with Crippen LogP contribution in [0.1, 0.15) is 6.42 Å². The Morgan fingerprint density at radius 1 is 1.43 bits per heavy atom. The number of hydrogen-bond acceptors (Lipinski definition) is 5. The van der Waals surface area contributed by atoms with E-state index < -0.39 is 5.97 Å². The first-order valence-corrected chi connectivity index (χ1v) is 4.22. The van der Waals surface area contributed by atoms with Gasteiger partial charge in [-0.3, -0.25) is 0 Å². The van der Waals surface area contributed by atoms with Crippen molar-refractivity contribution in [3.05, 3.63) is 12.7 Å². The fourth-order valence-electron chi connectivity index (χ4n) is 0.651. The topological polar surface area (TPSA) is 65.0 Å². The van der Waals surface area contributed by atoms with Gasteiger partial charge in [0.05, 0.1) is 19.8 Å². The van der Waals surface area contributed by atoms with Crippen molar-refractivity contribution in [2.24, 2.45) is 4.99 Å². The summed E-state index contributed by atoms with van der Waals surface area (Å²) < 4.78 is 9.76. The van der Waals surface area contributed by atoms with Gasteiger partial charge in [0.15, 0.2) is 0 Å². The molecule has 0 N–H and O–H groups in total. The Bertz CT molecular complexity index is 221. The number of carbonyl (C=O) groups is 1. The van der Waals surface area contributed by atoms with Gasteiger partial charge in [0.2, 0.25) is 6.08 Å². The molecule has 0 bridgehead atoms. The second-order valence-corrected chi connectivity index (χ2v) is 2.31. The van der Waals surface area contributed by atoms with Crippen molar-refractivity contribution < 1.29 is 19.1 Å². The molecule has 0 aromatic rings. The van der Waals surface area contributed by atoms with Gasteiger partial charge in [0, 0.05) is 19.1 Å². The van der Waals surface area contributed by atoms with Crippen LogP contribution in [0.3, 0.4) is 0 Å². The predicted molar refractivity (Wildman–Crippen MR) is 49.6 cm³/mol. The van der Waals surface area contributed by atoms with Crippen LogP contribution in [-0.4, -0.2) is 38.4 Å². The van der Waals surface area contributed by atoms with Gasteiger partial charge >= 0.3 is 5.97 Å². The largest absolute Gasteiger partial charge is 0.462 e. The molecule has 0 aliphatic rings. The molecular weight excluding hydrogens is 186 g/mol. The highest BCUT2D eigenvalue weighted by atomic mass is 16.5. The van der Waals surface area contributed by atoms with Crippen molar-refractivity contribution in [2.75, 3.05) is 26.4 Å². The van der Waals surface area contributed by atoms with E-state index in [0.717, 1.165) is 6.08 Å². The molecule has 0 spiro atoms. The number of carbonyl (C=O) groups excluding carboxylic acids is 2. The van der Waals surface area contributed by atoms with E-state index in [4.69, 9.17) is 9.47 Å². The van der Waals surface area contributed by atoms with Crippen LogP contribution in [0.2, 0.25) is 0 Å². The van der Waals surface area contributed by atoms with Crippen LogP contribution in [0, 0.1) is 0 Å². The maximum atomic E-state index is 10.5. The van der Waals surface area contributed by atoms with E-state index in [2.05, 4.69) is 11.6 Å². The van der Waals surface area contributed by atoms with E-state index in [9.17, 15) is 9.59 Å². The Morgan fingerprint density at radius 3 is 2.86 bits per heavy atom. The number of nitrogens with zero attached hydrogens (tertiary/aromatic N) is 1. The third-order valence-electron chi connectivity index (χ3n) is 1.26. The minimum absolute atomic E-state index is 0.307. The summed E-state index contributed by atoms with van der Waals surface area (Å²) in [6.07, 6.45) is 3.13. The number of ether oxygens (including phenoxy) is 2. The van der Waals surface area contributed by atoms with E-state index in [1.54, 1.807) is 0 Å². The Labute approximate surface area is 82.4 Å². The summed E-state index contributed by atoms with van der Waals surface area (Å²) in [6, 6.07) is 0. The molecule has 0 amide bonds. The van der Waals surface area contributed by atoms with Crippen molar-refractivity contribution in [1.82, 2.24) is 0 Å². The highest BCUT2D eigenvalue weighted by Crippen LogP contribution is 1.86. The maximum absolute atomic E-state index is 10.5. The highest BCUT2D eigenvalue weighted by Gasteiger charge is 1.94. The number of rotatable bonds is 8. The molecule has 0 aliphatic carbocycles. The first-order valence-electron chi connectivity index (χ1n) is 4.22. The highest BCUT2D eigenvalue weighted by molar-refractivity contribution is 5.81. The van der Waals surface area contributed by atoms with Crippen LogP contribution in [0.15, 0.2) is 17.6 Å². The van der Waals surface area contributed by atoms with Crippen LogP contribution < -0.4 is 0 Å². The molecule has 0 unspecified atom stereocenters. The summed E-state index contributed by atoms with van der Waals surface area (Å²) in [5.41, 5.74) is 0. The predicted octanol–water partition coefficient (Wildman–Crippen LogP) is 0.458. The van der Waals surface area contributed by atoms with Crippen LogP contribution in [-0.2, 0) is 19.1 Å². The Balaban J connectivity index is 3.09. The average molecular weight is 199 g/mol. The van der Waals surface area contributed by atoms with Crippen molar-refractivity contribution in [3.63, 3.8) is 0 Å². The molecular formula is C9H13NO4. The van der Waals surface area contributed by atoms with Gasteiger partial charge < -0.3 is 9.47 Å². The number of aliphatic imine (C=N–C) groups is 1. The molecule has 0 saturated heterocycles. The van der Waals surface area contributed by atoms with Crippen LogP contribution in [0.4, 0.5) is 0 Å². The molecule has 0 heterocycles. The van der Waals surface area contributed by atoms with Crippen molar-refractivity contribution >= 4 is 12.0 Å². The van der Waals surface area contributed by atoms with E-state index in [1.807, 2.05) is 0 Å². The van der Waals surface area contributed by atoms with E-state index in [-0.39, 0.29) is 0 Å². The molecule has 0 aromatic heterocycles. The lowest BCUT2D eigenvalue weighted by atomic mass is 10.5. The van der Waals surface area contributed by atoms with Gasteiger partial charge in [-0.2, -0.15) is 0 Å². The molecule has 0 fully saturated rings. The molecule has 78 valence electrons. The molecule has 0 radical (unpaired) electrons. The summed E-state index contributed by atoms with van der Waals surface area (Å²) in [5, 5.41) is 0. The first kappa shape index (κ1) is 12.6. The lowest BCUT2D eigenvalue weighted by molar-refractivity contribution is -0.138. The van der Waals surface area contributed by atoms with Gasteiger partial charge in [0.25, 0.3) is 0 Å². The molecule has 14 heavy (non-hydrogen) atoms. The minimum Gasteiger partial charge on any atom is -0.462 e. The maximum Gasteiger partial charge on any atom is 0.330 e. The van der Waals surface area contributed by atoms with Crippen LogP contribution in [0.25, 0.3) is 0 Å². The standard InChI is InChI=1S/C9H13NO4/c1-2-9(12)14-6-3-5-13-7-4-10-8-11/h2H,1,3-7H2. The minimum atomic E-state index is -0.435. The van der Waals surface area contributed by atoms with E-state index >= 15 is 0 Å². The van der Waals surface area contributed by atoms with E-state index in [0.29, 0.717) is 32.8 Å². The molecule has 0 aliphatic heterocycles. The summed E-state index contributed by atoms with van der Waals surface area (Å²) >= 11 is 0. The zero-order valence-electron chi connectivity index (χ0n) is 7.90. The molecule has 5 heteroatoms. The zero-order chi connectivity index (χ0) is 10.6. The zero-order valence-corrected chi connectivity index (χ0v) is 7.90. The van der Waals surface area contributed by atoms with Crippen molar-refractivity contribution in [2.45, 2.75) is 6.42 Å². The number of hydrogen-bond donors (Lipinski definition) is 0. The molecule has 0 aromatic carbocycles. The number of isocyanates is 1. The first-order chi connectivity index (χ1) is 6.81. The normalized spacial score (nSPS) is 8.86. The lowest BCUT2D eigenvalue weighted by Crippen LogP contribution is -2.06.